The molecule has 1 aliphatic rings. The van der Waals surface area contributed by atoms with E-state index in [1.807, 2.05) is 0 Å². The number of rotatable bonds is 0. The van der Waals surface area contributed by atoms with Gasteiger partial charge >= 0.3 is 6.18 Å². The summed E-state index contributed by atoms with van der Waals surface area (Å²) < 4.78 is 36.9. The van der Waals surface area contributed by atoms with Crippen LogP contribution in [0.1, 0.15) is 5.56 Å². The molecule has 1 aromatic rings. The molecule has 0 unspecified atom stereocenters. The van der Waals surface area contributed by atoms with Crippen LogP contribution in [0.25, 0.3) is 0 Å². The fourth-order valence-electron chi connectivity index (χ4n) is 1.06. The van der Waals surface area contributed by atoms with Gasteiger partial charge < -0.3 is 0 Å². The highest BCUT2D eigenvalue weighted by molar-refractivity contribution is 5.67. The van der Waals surface area contributed by atoms with E-state index < -0.39 is 11.7 Å². The number of halogens is 3. The van der Waals surface area contributed by atoms with Gasteiger partial charge in [-0.25, -0.2) is 0 Å². The van der Waals surface area contributed by atoms with Crippen molar-refractivity contribution in [3.05, 3.63) is 23.8 Å². The van der Waals surface area contributed by atoms with Crippen molar-refractivity contribution in [3.8, 4) is 0 Å². The molecule has 1 heterocycles. The fourth-order valence-corrected chi connectivity index (χ4v) is 1.06. The van der Waals surface area contributed by atoms with Gasteiger partial charge in [0.25, 0.3) is 0 Å². The molecule has 0 fully saturated rings. The molecule has 1 radical (unpaired) electrons. The van der Waals surface area contributed by atoms with E-state index in [0.29, 0.717) is 0 Å². The monoisotopic (exact) mass is 186 g/mol. The zero-order valence-electron chi connectivity index (χ0n) is 6.21. The highest BCUT2D eigenvalue weighted by atomic mass is 19.4. The van der Waals surface area contributed by atoms with Crippen LogP contribution in [0, 0.1) is 0 Å². The molecule has 1 aromatic carbocycles. The number of hydrogen-bond acceptors (Lipinski definition) is 2. The zero-order chi connectivity index (χ0) is 9.47. The molecule has 13 heavy (non-hydrogen) atoms. The summed E-state index contributed by atoms with van der Waals surface area (Å²) in [6, 6.07) is 3.67. The first-order chi connectivity index (χ1) is 6.09. The molecule has 1 aliphatic heterocycles. The first-order valence-corrected chi connectivity index (χ1v) is 3.41. The lowest BCUT2D eigenvalue weighted by Crippen LogP contribution is -2.04. The molecule has 67 valence electrons. The number of nitrogens with zero attached hydrogens (tertiary/aromatic N) is 3. The number of fused-ring (bicyclic) bond motifs is 1. The quantitative estimate of drug-likeness (QED) is 0.597. The summed E-state index contributed by atoms with van der Waals surface area (Å²) in [5.41, 5.74) is 2.60. The van der Waals surface area contributed by atoms with Crippen LogP contribution in [0.2, 0.25) is 0 Å². The Labute approximate surface area is 71.3 Å². The molecule has 0 aliphatic carbocycles. The Morgan fingerprint density at radius 2 is 1.92 bits per heavy atom. The van der Waals surface area contributed by atoms with Gasteiger partial charge in [-0.1, -0.05) is 6.07 Å². The van der Waals surface area contributed by atoms with E-state index in [4.69, 9.17) is 0 Å². The van der Waals surface area contributed by atoms with E-state index in [-0.39, 0.29) is 11.4 Å². The predicted molar refractivity (Wildman–Crippen MR) is 37.8 cm³/mol. The molecular formula is C7H3F3N3. The van der Waals surface area contributed by atoms with Gasteiger partial charge in [-0.05, 0) is 17.4 Å². The largest absolute Gasteiger partial charge is 0.418 e. The van der Waals surface area contributed by atoms with Crippen molar-refractivity contribution in [2.24, 2.45) is 10.3 Å². The van der Waals surface area contributed by atoms with Gasteiger partial charge in [-0.15, -0.1) is 10.5 Å². The number of benzene rings is 1. The van der Waals surface area contributed by atoms with E-state index in [1.165, 1.54) is 12.1 Å². The molecule has 0 spiro atoms. The summed E-state index contributed by atoms with van der Waals surface area (Å²) in [7, 11) is 0. The number of alkyl halides is 3. The summed E-state index contributed by atoms with van der Waals surface area (Å²) in [6.07, 6.45) is -4.40. The standard InChI is InChI=1S/C7H3F3N3/c8-7(9,10)4-2-1-3-5-6(4)12-13-11-5/h1-3H. The van der Waals surface area contributed by atoms with Crippen LogP contribution >= 0.6 is 0 Å². The first kappa shape index (κ1) is 8.03. The minimum absolute atomic E-state index is 0.162. The molecule has 0 atom stereocenters. The molecule has 6 heteroatoms. The van der Waals surface area contributed by atoms with E-state index in [1.54, 1.807) is 0 Å². The maximum atomic E-state index is 12.3. The third-order valence-corrected chi connectivity index (χ3v) is 1.62. The van der Waals surface area contributed by atoms with Gasteiger partial charge in [-0.2, -0.15) is 13.2 Å². The highest BCUT2D eigenvalue weighted by Crippen LogP contribution is 2.42. The van der Waals surface area contributed by atoms with Crippen LogP contribution in [-0.2, 0) is 6.18 Å². The van der Waals surface area contributed by atoms with Gasteiger partial charge in [0.05, 0.1) is 5.56 Å². The van der Waals surface area contributed by atoms with Crippen molar-refractivity contribution in [2.45, 2.75) is 6.18 Å². The molecule has 2 rings (SSSR count). The molecule has 0 saturated carbocycles. The summed E-state index contributed by atoms with van der Waals surface area (Å²) in [6.45, 7) is 0. The van der Waals surface area contributed by atoms with Crippen molar-refractivity contribution >= 4 is 11.4 Å². The minimum Gasteiger partial charge on any atom is -0.166 e. The summed E-state index contributed by atoms with van der Waals surface area (Å²) in [5, 5.41) is 6.48. The van der Waals surface area contributed by atoms with Crippen LogP contribution < -0.4 is 5.43 Å². The average Bonchev–Trinajstić information content (AvgIpc) is 2.48. The SMILES string of the molecule is FC(F)(F)c1cccc2c1N=N[N]2. The Kier molecular flexibility index (Phi) is 1.51. The Balaban J connectivity index is 2.59. The molecular weight excluding hydrogens is 183 g/mol. The summed E-state index contributed by atoms with van der Waals surface area (Å²) in [5.74, 6) is 0. The summed E-state index contributed by atoms with van der Waals surface area (Å²) >= 11 is 0. The van der Waals surface area contributed by atoms with E-state index >= 15 is 0 Å². The molecule has 0 saturated heterocycles. The second kappa shape index (κ2) is 2.45. The number of hydrogen-bond donors (Lipinski definition) is 0. The fraction of sp³-hybridized carbons (Fsp3) is 0.143. The molecule has 3 nitrogen and oxygen atoms in total. The van der Waals surface area contributed by atoms with Crippen molar-refractivity contribution in [1.82, 2.24) is 5.43 Å². The van der Waals surface area contributed by atoms with Crippen LogP contribution in [0.3, 0.4) is 0 Å². The van der Waals surface area contributed by atoms with Crippen molar-refractivity contribution in [3.63, 3.8) is 0 Å². The van der Waals surface area contributed by atoms with Gasteiger partial charge in [0.15, 0.2) is 0 Å². The van der Waals surface area contributed by atoms with Crippen LogP contribution in [0.4, 0.5) is 24.5 Å². The van der Waals surface area contributed by atoms with Crippen LogP contribution in [0.15, 0.2) is 28.5 Å². The Morgan fingerprint density at radius 1 is 1.15 bits per heavy atom. The normalized spacial score (nSPS) is 14.1. The van der Waals surface area contributed by atoms with Crippen LogP contribution in [0.5, 0.6) is 0 Å². The topological polar surface area (TPSA) is 38.8 Å². The van der Waals surface area contributed by atoms with E-state index in [2.05, 4.69) is 15.8 Å². The molecule has 0 N–H and O–H groups in total. The first-order valence-electron chi connectivity index (χ1n) is 3.41. The smallest absolute Gasteiger partial charge is 0.166 e. The van der Waals surface area contributed by atoms with Gasteiger partial charge in [0, 0.05) is 0 Å². The lowest BCUT2D eigenvalue weighted by atomic mass is 10.1. The Bertz CT molecular complexity index is 370. The third-order valence-electron chi connectivity index (χ3n) is 1.62. The Hall–Kier alpha value is -1.59. The zero-order valence-corrected chi connectivity index (χ0v) is 6.21. The lowest BCUT2D eigenvalue weighted by molar-refractivity contribution is -0.137. The molecule has 0 bridgehead atoms. The minimum atomic E-state index is -4.40. The third kappa shape index (κ3) is 1.24. The van der Waals surface area contributed by atoms with Crippen LogP contribution in [-0.4, -0.2) is 0 Å². The second-order valence-electron chi connectivity index (χ2n) is 2.46. The Morgan fingerprint density at radius 3 is 2.62 bits per heavy atom. The maximum absolute atomic E-state index is 12.3. The van der Waals surface area contributed by atoms with Gasteiger partial charge in [0.2, 0.25) is 0 Å². The maximum Gasteiger partial charge on any atom is 0.418 e. The second-order valence-corrected chi connectivity index (χ2v) is 2.46. The molecule has 0 aromatic heterocycles. The van der Waals surface area contributed by atoms with Crippen molar-refractivity contribution < 1.29 is 13.2 Å². The average molecular weight is 186 g/mol. The van der Waals surface area contributed by atoms with Crippen molar-refractivity contribution in [1.29, 1.82) is 0 Å². The highest BCUT2D eigenvalue weighted by Gasteiger charge is 2.35. The van der Waals surface area contributed by atoms with Gasteiger partial charge in [-0.3, -0.25) is 0 Å². The molecule has 0 amide bonds. The lowest BCUT2D eigenvalue weighted by Gasteiger charge is -2.07. The van der Waals surface area contributed by atoms with Crippen molar-refractivity contribution in [2.75, 3.05) is 0 Å². The van der Waals surface area contributed by atoms with Gasteiger partial charge in [0.1, 0.15) is 11.4 Å². The summed E-state index contributed by atoms with van der Waals surface area (Å²) in [4.78, 5) is 0. The predicted octanol–water partition coefficient (Wildman–Crippen LogP) is 2.95. The van der Waals surface area contributed by atoms with E-state index in [9.17, 15) is 13.2 Å². The van der Waals surface area contributed by atoms with E-state index in [0.717, 1.165) is 6.07 Å².